The number of hydrogen-bond acceptors (Lipinski definition) is 3. The molecule has 0 saturated heterocycles. The minimum absolute atomic E-state index is 0.641. The molecule has 0 atom stereocenters. The largest absolute Gasteiger partial charge is 0.435 e. The molecule has 0 saturated carbocycles. The van der Waals surface area contributed by atoms with Crippen LogP contribution in [0.15, 0.2) is 199 Å². The van der Waals surface area contributed by atoms with Crippen LogP contribution in [0, 0.1) is 0 Å². The van der Waals surface area contributed by atoms with Crippen molar-refractivity contribution in [3.8, 4) is 33.7 Å². The van der Waals surface area contributed by atoms with Crippen molar-refractivity contribution >= 4 is 60.5 Å². The predicted octanol–water partition coefficient (Wildman–Crippen LogP) is 13.8. The zero-order chi connectivity index (χ0) is 34.4. The number of rotatable bonds is 6. The van der Waals surface area contributed by atoms with Gasteiger partial charge in [-0.25, -0.2) is 4.98 Å². The molecule has 3 heteroatoms. The number of fused-ring (bicyclic) bond motifs is 6. The van der Waals surface area contributed by atoms with E-state index in [2.05, 4.69) is 163 Å². The molecule has 1 aromatic heterocycles. The molecule has 10 rings (SSSR count). The number of hydrogen-bond donors (Lipinski definition) is 0. The van der Waals surface area contributed by atoms with E-state index in [0.717, 1.165) is 60.8 Å². The molecule has 10 aromatic rings. The molecule has 0 bridgehead atoms. The van der Waals surface area contributed by atoms with Gasteiger partial charge in [0.15, 0.2) is 5.58 Å². The molecule has 52 heavy (non-hydrogen) atoms. The molecule has 1 heterocycles. The van der Waals surface area contributed by atoms with Gasteiger partial charge in [0, 0.05) is 28.0 Å². The Morgan fingerprint density at radius 2 is 0.904 bits per heavy atom. The third-order valence-corrected chi connectivity index (χ3v) is 10.0. The molecular formula is C49H32N2O. The van der Waals surface area contributed by atoms with Crippen molar-refractivity contribution in [2.45, 2.75) is 0 Å². The van der Waals surface area contributed by atoms with Crippen LogP contribution < -0.4 is 4.90 Å². The number of anilines is 3. The Kier molecular flexibility index (Phi) is 7.14. The Balaban J connectivity index is 1.02. The topological polar surface area (TPSA) is 29.3 Å². The summed E-state index contributed by atoms with van der Waals surface area (Å²) in [6.07, 6.45) is 0. The Morgan fingerprint density at radius 1 is 0.365 bits per heavy atom. The van der Waals surface area contributed by atoms with E-state index in [1.165, 1.54) is 27.5 Å². The first-order valence-corrected chi connectivity index (χ1v) is 17.6. The zero-order valence-electron chi connectivity index (χ0n) is 28.3. The molecule has 0 amide bonds. The van der Waals surface area contributed by atoms with E-state index in [9.17, 15) is 0 Å². The second-order valence-electron chi connectivity index (χ2n) is 13.2. The molecule has 0 N–H and O–H groups in total. The van der Waals surface area contributed by atoms with Crippen LogP contribution in [0.1, 0.15) is 0 Å². The fraction of sp³-hybridized carbons (Fsp3) is 0. The van der Waals surface area contributed by atoms with Gasteiger partial charge in [-0.05, 0) is 116 Å². The fourth-order valence-corrected chi connectivity index (χ4v) is 7.43. The lowest BCUT2D eigenvalue weighted by atomic mass is 9.97. The summed E-state index contributed by atoms with van der Waals surface area (Å²) in [4.78, 5) is 7.16. The lowest BCUT2D eigenvalue weighted by molar-refractivity contribution is 0.623. The standard InChI is InChI=1S/C49H32N2O/c1-4-10-33(11-5-1)38-18-16-35-22-27-44(32-41(35)31-38)51(42-14-8-3-9-15-42)43-25-20-34(21-26-43)39-23-28-45-40(30-39)19-17-36-24-29-46-48(47(36)45)52-49(50-46)37-12-6-2-7-13-37/h1-32H. The van der Waals surface area contributed by atoms with Crippen LogP contribution in [0.5, 0.6) is 0 Å². The van der Waals surface area contributed by atoms with Crippen LogP contribution in [0.2, 0.25) is 0 Å². The Labute approximate surface area is 301 Å². The van der Waals surface area contributed by atoms with Crippen LogP contribution >= 0.6 is 0 Å². The van der Waals surface area contributed by atoms with E-state index in [1.54, 1.807) is 0 Å². The van der Waals surface area contributed by atoms with Gasteiger partial charge in [0.1, 0.15) is 5.52 Å². The third-order valence-electron chi connectivity index (χ3n) is 10.0. The predicted molar refractivity (Wildman–Crippen MR) is 218 cm³/mol. The summed E-state index contributed by atoms with van der Waals surface area (Å²) in [5, 5.41) is 6.98. The van der Waals surface area contributed by atoms with E-state index in [1.807, 2.05) is 36.4 Å². The van der Waals surface area contributed by atoms with Crippen molar-refractivity contribution in [1.29, 1.82) is 0 Å². The van der Waals surface area contributed by atoms with Gasteiger partial charge in [0.05, 0.1) is 0 Å². The summed E-state index contributed by atoms with van der Waals surface area (Å²) in [5.41, 5.74) is 10.7. The molecule has 0 aliphatic rings. The second kappa shape index (κ2) is 12.4. The average molecular weight is 665 g/mol. The van der Waals surface area contributed by atoms with Crippen molar-refractivity contribution in [2.24, 2.45) is 0 Å². The Hall–Kier alpha value is -6.97. The van der Waals surface area contributed by atoms with Gasteiger partial charge in [-0.15, -0.1) is 0 Å². The molecule has 0 aliphatic carbocycles. The summed E-state index contributed by atoms with van der Waals surface area (Å²) in [6.45, 7) is 0. The Morgan fingerprint density at radius 3 is 1.67 bits per heavy atom. The van der Waals surface area contributed by atoms with Crippen LogP contribution in [0.3, 0.4) is 0 Å². The SMILES string of the molecule is c1ccc(-c2ccc3ccc(N(c4ccccc4)c4ccc(-c5ccc6c(ccc7ccc8nc(-c9ccccc9)oc8c76)c5)cc4)cc3c2)cc1. The van der Waals surface area contributed by atoms with Crippen molar-refractivity contribution in [3.05, 3.63) is 194 Å². The molecule has 9 aromatic carbocycles. The lowest BCUT2D eigenvalue weighted by Crippen LogP contribution is -2.09. The first-order valence-electron chi connectivity index (χ1n) is 17.6. The normalized spacial score (nSPS) is 11.5. The summed E-state index contributed by atoms with van der Waals surface area (Å²) < 4.78 is 6.43. The molecule has 0 radical (unpaired) electrons. The van der Waals surface area contributed by atoms with Gasteiger partial charge in [0.25, 0.3) is 0 Å². The molecular weight excluding hydrogens is 633 g/mol. The highest BCUT2D eigenvalue weighted by molar-refractivity contribution is 6.18. The van der Waals surface area contributed by atoms with Crippen molar-refractivity contribution < 1.29 is 4.42 Å². The number of oxazole rings is 1. The first kappa shape index (κ1) is 29.9. The minimum Gasteiger partial charge on any atom is -0.435 e. The summed E-state index contributed by atoms with van der Waals surface area (Å²) in [7, 11) is 0. The van der Waals surface area contributed by atoms with Gasteiger partial charge in [-0.1, -0.05) is 127 Å². The van der Waals surface area contributed by atoms with Crippen molar-refractivity contribution in [1.82, 2.24) is 4.98 Å². The lowest BCUT2D eigenvalue weighted by Gasteiger charge is -2.26. The third kappa shape index (κ3) is 5.28. The van der Waals surface area contributed by atoms with Gasteiger partial charge in [-0.3, -0.25) is 0 Å². The van der Waals surface area contributed by atoms with Crippen LogP contribution in [0.4, 0.5) is 17.1 Å². The zero-order valence-corrected chi connectivity index (χ0v) is 28.3. The summed E-state index contributed by atoms with van der Waals surface area (Å²) in [6, 6.07) is 68.9. The average Bonchev–Trinajstić information content (AvgIpc) is 3.67. The smallest absolute Gasteiger partial charge is 0.227 e. The molecule has 0 fully saturated rings. The highest BCUT2D eigenvalue weighted by Gasteiger charge is 2.16. The molecule has 244 valence electrons. The maximum atomic E-state index is 6.43. The Bertz CT molecular complexity index is 2880. The van der Waals surface area contributed by atoms with E-state index < -0.39 is 0 Å². The molecule has 0 spiro atoms. The maximum Gasteiger partial charge on any atom is 0.227 e. The number of para-hydroxylation sites is 1. The quantitative estimate of drug-likeness (QED) is 0.166. The highest BCUT2D eigenvalue weighted by Crippen LogP contribution is 2.39. The van der Waals surface area contributed by atoms with E-state index >= 15 is 0 Å². The number of nitrogens with zero attached hydrogens (tertiary/aromatic N) is 2. The van der Waals surface area contributed by atoms with E-state index in [-0.39, 0.29) is 0 Å². The second-order valence-corrected chi connectivity index (χ2v) is 13.2. The fourth-order valence-electron chi connectivity index (χ4n) is 7.43. The minimum atomic E-state index is 0.641. The summed E-state index contributed by atoms with van der Waals surface area (Å²) >= 11 is 0. The monoisotopic (exact) mass is 664 g/mol. The van der Waals surface area contributed by atoms with E-state index in [0.29, 0.717) is 5.89 Å². The molecule has 0 aliphatic heterocycles. The van der Waals surface area contributed by atoms with Gasteiger partial charge >= 0.3 is 0 Å². The van der Waals surface area contributed by atoms with Crippen molar-refractivity contribution in [2.75, 3.05) is 4.90 Å². The number of benzene rings is 9. The highest BCUT2D eigenvalue weighted by atomic mass is 16.3. The van der Waals surface area contributed by atoms with Gasteiger partial charge in [0.2, 0.25) is 5.89 Å². The molecule has 0 unspecified atom stereocenters. The number of aromatic nitrogens is 1. The van der Waals surface area contributed by atoms with Crippen molar-refractivity contribution in [3.63, 3.8) is 0 Å². The maximum absolute atomic E-state index is 6.43. The van der Waals surface area contributed by atoms with Gasteiger partial charge in [-0.2, -0.15) is 0 Å². The van der Waals surface area contributed by atoms with E-state index in [4.69, 9.17) is 9.40 Å². The first-order chi connectivity index (χ1) is 25.7. The van der Waals surface area contributed by atoms with Gasteiger partial charge < -0.3 is 9.32 Å². The summed E-state index contributed by atoms with van der Waals surface area (Å²) in [5.74, 6) is 0.641. The van der Waals surface area contributed by atoms with Crippen LogP contribution in [-0.2, 0) is 0 Å². The van der Waals surface area contributed by atoms with Crippen LogP contribution in [0.25, 0.3) is 77.1 Å². The molecule has 3 nitrogen and oxygen atoms in total. The van der Waals surface area contributed by atoms with Crippen LogP contribution in [-0.4, -0.2) is 4.98 Å².